The summed E-state index contributed by atoms with van der Waals surface area (Å²) < 4.78 is 35.7. The van der Waals surface area contributed by atoms with Crippen LogP contribution < -0.4 is 15.9 Å². The molecule has 0 heterocycles. The van der Waals surface area contributed by atoms with Crippen LogP contribution in [0.4, 0.5) is 14.5 Å². The predicted octanol–water partition coefficient (Wildman–Crippen LogP) is 5.35. The normalized spacial score (nSPS) is 11.8. The first-order chi connectivity index (χ1) is 11.4. The van der Waals surface area contributed by atoms with Gasteiger partial charge in [0.1, 0.15) is 5.75 Å². The highest BCUT2D eigenvalue weighted by atomic mass is 19.3. The smallest absolute Gasteiger partial charge is 0.387 e. The lowest BCUT2D eigenvalue weighted by atomic mass is 9.61. The lowest BCUT2D eigenvalue weighted by Crippen LogP contribution is -2.47. The Kier molecular flexibility index (Phi) is 9.48. The topological polar surface area (TPSA) is 44.5 Å². The van der Waals surface area contributed by atoms with Crippen LogP contribution in [0.5, 0.6) is 5.75 Å². The van der Waals surface area contributed by atoms with Crippen molar-refractivity contribution in [3.63, 3.8) is 0 Å². The number of rotatable bonds is 6. The highest BCUT2D eigenvalue weighted by molar-refractivity contribution is 6.67. The van der Waals surface area contributed by atoms with Gasteiger partial charge in [0, 0.05) is 0 Å². The summed E-state index contributed by atoms with van der Waals surface area (Å²) in [5.74, 6) is -0.00953. The first-order valence-corrected chi connectivity index (χ1v) is 8.88. The van der Waals surface area contributed by atoms with Crippen LogP contribution in [0.1, 0.15) is 61.3 Å². The molecule has 0 aromatic heterocycles. The largest absolute Gasteiger partial charge is 0.433 e. The molecule has 0 amide bonds. The summed E-state index contributed by atoms with van der Waals surface area (Å²) >= 11 is 0. The predicted molar refractivity (Wildman–Crippen MR) is 104 cm³/mol. The lowest BCUT2D eigenvalue weighted by Gasteiger charge is -2.41. The van der Waals surface area contributed by atoms with Gasteiger partial charge in [0.2, 0.25) is 0 Å². The fraction of sp³-hybridized carbons (Fsp3) is 0.684. The van der Waals surface area contributed by atoms with E-state index in [2.05, 4.69) is 39.4 Å². The highest BCUT2D eigenvalue weighted by Gasteiger charge is 2.37. The van der Waals surface area contributed by atoms with Gasteiger partial charge in [0.05, 0.1) is 11.3 Å². The third kappa shape index (κ3) is 7.64. The molecule has 1 aromatic carbocycles. The number of halogens is 2. The standard InChI is InChI=1S/C15H24BF2NO2.C4H10/c1-14(2,3)15(4,5)21-16(6)10-8-7-9-11(19)12(10)20-13(17)18;1-3-4-2/h7-9,13H,19H2,1-6H3;3-4H2,1-2H3. The molecule has 6 heteroatoms. The Morgan fingerprint density at radius 3 is 2.00 bits per heavy atom. The van der Waals surface area contributed by atoms with Crippen LogP contribution in [0.15, 0.2) is 18.2 Å². The van der Waals surface area contributed by atoms with Gasteiger partial charge in [-0.15, -0.1) is 0 Å². The van der Waals surface area contributed by atoms with Gasteiger partial charge in [-0.2, -0.15) is 8.78 Å². The molecule has 0 unspecified atom stereocenters. The van der Waals surface area contributed by atoms with Crippen LogP contribution in [0, 0.1) is 5.41 Å². The van der Waals surface area contributed by atoms with E-state index in [9.17, 15) is 8.78 Å². The van der Waals surface area contributed by atoms with Gasteiger partial charge in [0.25, 0.3) is 0 Å². The number of anilines is 1. The molecule has 0 atom stereocenters. The number of nitrogen functional groups attached to an aromatic ring is 1. The second-order valence-corrected chi connectivity index (χ2v) is 7.66. The van der Waals surface area contributed by atoms with Crippen molar-refractivity contribution in [1.82, 2.24) is 0 Å². The Hall–Kier alpha value is -1.30. The van der Waals surface area contributed by atoms with Crippen LogP contribution >= 0.6 is 0 Å². The molecule has 0 bridgehead atoms. The van der Waals surface area contributed by atoms with E-state index < -0.39 is 19.1 Å². The van der Waals surface area contributed by atoms with Crippen LogP contribution in [0.2, 0.25) is 6.82 Å². The number of hydrogen-bond donors (Lipinski definition) is 1. The second-order valence-electron chi connectivity index (χ2n) is 7.66. The summed E-state index contributed by atoms with van der Waals surface area (Å²) in [6.07, 6.45) is 2.64. The summed E-state index contributed by atoms with van der Waals surface area (Å²) in [7, 11) is 0. The van der Waals surface area contributed by atoms with Gasteiger partial charge in [-0.25, -0.2) is 0 Å². The van der Waals surface area contributed by atoms with E-state index in [0.29, 0.717) is 5.46 Å². The van der Waals surface area contributed by atoms with E-state index >= 15 is 0 Å². The Morgan fingerprint density at radius 1 is 1.08 bits per heavy atom. The third-order valence-corrected chi connectivity index (χ3v) is 4.50. The van der Waals surface area contributed by atoms with E-state index in [1.54, 1.807) is 19.0 Å². The van der Waals surface area contributed by atoms with Crippen molar-refractivity contribution in [3.8, 4) is 5.75 Å². The maximum Gasteiger partial charge on any atom is 0.387 e. The molecular formula is C19H34BF2NO2. The molecule has 2 N–H and O–H groups in total. The average molecular weight is 357 g/mol. The zero-order chi connectivity index (χ0) is 19.8. The molecule has 0 spiro atoms. The molecule has 0 saturated heterocycles. The van der Waals surface area contributed by atoms with Crippen molar-refractivity contribution in [1.29, 1.82) is 0 Å². The maximum absolute atomic E-state index is 12.6. The van der Waals surface area contributed by atoms with Gasteiger partial charge in [0.15, 0.2) is 0 Å². The summed E-state index contributed by atoms with van der Waals surface area (Å²) in [6, 6.07) is 4.92. The summed E-state index contributed by atoms with van der Waals surface area (Å²) in [5.41, 5.74) is 5.89. The molecule has 1 rings (SSSR count). The lowest BCUT2D eigenvalue weighted by molar-refractivity contribution is -0.0489. The van der Waals surface area contributed by atoms with E-state index in [0.717, 1.165) is 0 Å². The number of hydrogen-bond acceptors (Lipinski definition) is 3. The van der Waals surface area contributed by atoms with Crippen LogP contribution in [0.25, 0.3) is 0 Å². The monoisotopic (exact) mass is 357 g/mol. The first kappa shape index (κ1) is 23.7. The van der Waals surface area contributed by atoms with Gasteiger partial charge in [-0.3, -0.25) is 0 Å². The van der Waals surface area contributed by atoms with Crippen LogP contribution in [0.3, 0.4) is 0 Å². The molecule has 0 saturated carbocycles. The van der Waals surface area contributed by atoms with E-state index in [4.69, 9.17) is 10.4 Å². The van der Waals surface area contributed by atoms with Crippen molar-refractivity contribution in [2.75, 3.05) is 5.73 Å². The minimum atomic E-state index is -2.92. The van der Waals surface area contributed by atoms with Crippen molar-refractivity contribution in [2.45, 2.75) is 80.3 Å². The van der Waals surface area contributed by atoms with Gasteiger partial charge in [-0.1, -0.05) is 66.4 Å². The summed E-state index contributed by atoms with van der Waals surface area (Å²) in [4.78, 5) is 0. The fourth-order valence-corrected chi connectivity index (χ4v) is 1.80. The maximum atomic E-state index is 12.6. The number of nitrogens with two attached hydrogens (primary N) is 1. The molecule has 0 aliphatic heterocycles. The number of benzene rings is 1. The second kappa shape index (κ2) is 10.0. The first-order valence-electron chi connectivity index (χ1n) is 8.88. The molecule has 25 heavy (non-hydrogen) atoms. The third-order valence-electron chi connectivity index (χ3n) is 4.50. The number of ether oxygens (including phenoxy) is 1. The highest BCUT2D eigenvalue weighted by Crippen LogP contribution is 2.34. The molecular weight excluding hydrogens is 323 g/mol. The van der Waals surface area contributed by atoms with Crippen LogP contribution in [-0.2, 0) is 4.65 Å². The molecule has 0 radical (unpaired) electrons. The summed E-state index contributed by atoms with van der Waals surface area (Å²) in [6.45, 7) is 13.0. The SMILES string of the molecule is CB(OC(C)(C)C(C)(C)C)c1cccc(N)c1OC(F)F.CCCC. The average Bonchev–Trinajstić information content (AvgIpc) is 2.47. The van der Waals surface area contributed by atoms with Gasteiger partial charge >= 0.3 is 13.5 Å². The van der Waals surface area contributed by atoms with Crippen molar-refractivity contribution >= 4 is 18.1 Å². The van der Waals surface area contributed by atoms with E-state index in [-0.39, 0.29) is 16.9 Å². The van der Waals surface area contributed by atoms with E-state index in [1.807, 2.05) is 13.8 Å². The Labute approximate surface area is 152 Å². The minimum absolute atomic E-state index is 0.00953. The Bertz CT molecular complexity index is 515. The number of unbranched alkanes of at least 4 members (excludes halogenated alkanes) is 1. The molecule has 144 valence electrons. The van der Waals surface area contributed by atoms with Crippen LogP contribution in [-0.4, -0.2) is 19.1 Å². The number of alkyl halides is 2. The Morgan fingerprint density at radius 2 is 1.60 bits per heavy atom. The molecule has 3 nitrogen and oxygen atoms in total. The molecule has 1 aromatic rings. The fourth-order valence-electron chi connectivity index (χ4n) is 1.80. The van der Waals surface area contributed by atoms with Crippen molar-refractivity contribution in [2.24, 2.45) is 5.41 Å². The van der Waals surface area contributed by atoms with Gasteiger partial charge in [-0.05, 0) is 30.8 Å². The minimum Gasteiger partial charge on any atom is -0.433 e. The zero-order valence-corrected chi connectivity index (χ0v) is 17.0. The molecule has 0 aliphatic carbocycles. The van der Waals surface area contributed by atoms with Gasteiger partial charge < -0.3 is 15.1 Å². The van der Waals surface area contributed by atoms with Crippen molar-refractivity contribution < 1.29 is 18.2 Å². The quantitative estimate of drug-likeness (QED) is 0.552. The zero-order valence-electron chi connectivity index (χ0n) is 17.0. The molecule has 0 fully saturated rings. The number of para-hydroxylation sites is 1. The summed E-state index contributed by atoms with van der Waals surface area (Å²) in [5, 5.41) is 0. The van der Waals surface area contributed by atoms with E-state index in [1.165, 1.54) is 18.9 Å². The molecule has 0 aliphatic rings. The Balaban J connectivity index is 0.00000129. The van der Waals surface area contributed by atoms with Crippen molar-refractivity contribution in [3.05, 3.63) is 18.2 Å².